The zero-order chi connectivity index (χ0) is 16.2. The van der Waals surface area contributed by atoms with E-state index < -0.39 is 5.97 Å². The monoisotopic (exact) mass is 307 g/mol. The van der Waals surface area contributed by atoms with Crippen molar-refractivity contribution in [1.82, 2.24) is 9.97 Å². The van der Waals surface area contributed by atoms with Crippen LogP contribution < -0.4 is 10.5 Å². The Morgan fingerprint density at radius 2 is 1.74 bits per heavy atom. The molecular weight excluding hydrogens is 294 g/mol. The van der Waals surface area contributed by atoms with Gasteiger partial charge in [0.25, 0.3) is 0 Å². The third-order valence-electron chi connectivity index (χ3n) is 3.13. The van der Waals surface area contributed by atoms with E-state index in [1.807, 2.05) is 6.07 Å². The Morgan fingerprint density at radius 3 is 2.43 bits per heavy atom. The number of hydrogen-bond acceptors (Lipinski definition) is 6. The SMILES string of the molecule is Nc1ncc(OC(=O)c2ccccc2)nc1-c1ccc(O)cc1. The molecule has 0 radical (unpaired) electrons. The van der Waals surface area contributed by atoms with Crippen molar-refractivity contribution in [2.75, 3.05) is 5.73 Å². The zero-order valence-corrected chi connectivity index (χ0v) is 12.0. The molecule has 0 unspecified atom stereocenters. The normalized spacial score (nSPS) is 10.3. The Kier molecular flexibility index (Phi) is 3.88. The first kappa shape index (κ1) is 14.5. The van der Waals surface area contributed by atoms with Crippen LogP contribution in [0.1, 0.15) is 10.4 Å². The molecule has 6 nitrogen and oxygen atoms in total. The van der Waals surface area contributed by atoms with Crippen molar-refractivity contribution in [3.63, 3.8) is 0 Å². The summed E-state index contributed by atoms with van der Waals surface area (Å²) in [5.41, 5.74) is 7.27. The Labute approximate surface area is 132 Å². The molecule has 3 rings (SSSR count). The fourth-order valence-electron chi connectivity index (χ4n) is 1.99. The van der Waals surface area contributed by atoms with Gasteiger partial charge in [-0.2, -0.15) is 0 Å². The highest BCUT2D eigenvalue weighted by Crippen LogP contribution is 2.26. The number of ether oxygens (including phenoxy) is 1. The summed E-state index contributed by atoms with van der Waals surface area (Å²) in [6, 6.07) is 14.9. The minimum Gasteiger partial charge on any atom is -0.508 e. The van der Waals surface area contributed by atoms with Gasteiger partial charge < -0.3 is 15.6 Å². The van der Waals surface area contributed by atoms with E-state index in [0.29, 0.717) is 16.8 Å². The number of nitrogens with two attached hydrogens (primary N) is 1. The van der Waals surface area contributed by atoms with Gasteiger partial charge in [-0.05, 0) is 36.4 Å². The van der Waals surface area contributed by atoms with Gasteiger partial charge in [0.1, 0.15) is 17.3 Å². The van der Waals surface area contributed by atoms with Crippen LogP contribution in [0.25, 0.3) is 11.3 Å². The average molecular weight is 307 g/mol. The number of hydrogen-bond donors (Lipinski definition) is 2. The predicted octanol–water partition coefficient (Wildman–Crippen LogP) is 2.65. The summed E-state index contributed by atoms with van der Waals surface area (Å²) in [6.07, 6.45) is 1.29. The number of phenolic OH excluding ortho intramolecular Hbond substituents is 1. The molecule has 23 heavy (non-hydrogen) atoms. The zero-order valence-electron chi connectivity index (χ0n) is 12.0. The minimum atomic E-state index is -0.527. The first-order valence-corrected chi connectivity index (χ1v) is 6.82. The lowest BCUT2D eigenvalue weighted by molar-refractivity contribution is 0.0727. The van der Waals surface area contributed by atoms with Gasteiger partial charge in [-0.25, -0.2) is 14.8 Å². The number of nitrogen functional groups attached to an aromatic ring is 1. The molecule has 0 spiro atoms. The first-order chi connectivity index (χ1) is 11.1. The number of esters is 1. The van der Waals surface area contributed by atoms with Gasteiger partial charge in [0.05, 0.1) is 11.8 Å². The summed E-state index contributed by atoms with van der Waals surface area (Å²) in [7, 11) is 0. The van der Waals surface area contributed by atoms with Crippen molar-refractivity contribution in [3.8, 4) is 22.9 Å². The molecule has 0 saturated carbocycles. The lowest BCUT2D eigenvalue weighted by atomic mass is 10.1. The highest BCUT2D eigenvalue weighted by molar-refractivity contribution is 5.90. The maximum Gasteiger partial charge on any atom is 0.344 e. The first-order valence-electron chi connectivity index (χ1n) is 6.82. The summed E-state index contributed by atoms with van der Waals surface area (Å²) < 4.78 is 5.22. The maximum absolute atomic E-state index is 12.0. The number of anilines is 1. The molecule has 0 atom stereocenters. The number of carbonyl (C=O) groups excluding carboxylic acids is 1. The van der Waals surface area contributed by atoms with Gasteiger partial charge in [-0.15, -0.1) is 0 Å². The third kappa shape index (κ3) is 3.26. The summed E-state index contributed by atoms with van der Waals surface area (Å²) in [5.74, 6) is -0.139. The van der Waals surface area contributed by atoms with E-state index >= 15 is 0 Å². The van der Waals surface area contributed by atoms with Gasteiger partial charge in [-0.1, -0.05) is 18.2 Å². The Morgan fingerprint density at radius 1 is 1.04 bits per heavy atom. The van der Waals surface area contributed by atoms with Crippen molar-refractivity contribution in [2.24, 2.45) is 0 Å². The van der Waals surface area contributed by atoms with E-state index in [1.165, 1.54) is 18.3 Å². The molecule has 6 heteroatoms. The van der Waals surface area contributed by atoms with Crippen molar-refractivity contribution in [3.05, 3.63) is 66.4 Å². The number of aromatic hydroxyl groups is 1. The van der Waals surface area contributed by atoms with E-state index in [9.17, 15) is 9.90 Å². The highest BCUT2D eigenvalue weighted by atomic mass is 16.5. The minimum absolute atomic E-state index is 0.0520. The number of aromatic nitrogens is 2. The van der Waals surface area contributed by atoms with E-state index in [1.54, 1.807) is 36.4 Å². The highest BCUT2D eigenvalue weighted by Gasteiger charge is 2.12. The fraction of sp³-hybridized carbons (Fsp3) is 0. The molecule has 1 heterocycles. The van der Waals surface area contributed by atoms with E-state index in [0.717, 1.165) is 0 Å². The van der Waals surface area contributed by atoms with E-state index in [-0.39, 0.29) is 17.4 Å². The molecule has 3 N–H and O–H groups in total. The summed E-state index contributed by atoms with van der Waals surface area (Å²) in [4.78, 5) is 20.3. The summed E-state index contributed by atoms with van der Waals surface area (Å²) in [5, 5.41) is 9.34. The van der Waals surface area contributed by atoms with Crippen molar-refractivity contribution >= 4 is 11.8 Å². The van der Waals surface area contributed by atoms with Crippen LogP contribution >= 0.6 is 0 Å². The van der Waals surface area contributed by atoms with Gasteiger partial charge in [0.15, 0.2) is 0 Å². The van der Waals surface area contributed by atoms with Crippen LogP contribution in [0.2, 0.25) is 0 Å². The van der Waals surface area contributed by atoms with Crippen LogP contribution in [-0.4, -0.2) is 21.0 Å². The largest absolute Gasteiger partial charge is 0.508 e. The second kappa shape index (κ2) is 6.15. The van der Waals surface area contributed by atoms with Crippen LogP contribution in [0.3, 0.4) is 0 Å². The quantitative estimate of drug-likeness (QED) is 0.722. The summed E-state index contributed by atoms with van der Waals surface area (Å²) in [6.45, 7) is 0. The molecule has 0 amide bonds. The molecule has 2 aromatic carbocycles. The molecular formula is C17H13N3O3. The Balaban J connectivity index is 1.88. The van der Waals surface area contributed by atoms with Crippen LogP contribution in [0.4, 0.5) is 5.82 Å². The Hall–Kier alpha value is -3.41. The van der Waals surface area contributed by atoms with Crippen molar-refractivity contribution in [1.29, 1.82) is 0 Å². The molecule has 0 aliphatic heterocycles. The molecule has 3 aromatic rings. The second-order valence-electron chi connectivity index (χ2n) is 4.74. The summed E-state index contributed by atoms with van der Waals surface area (Å²) >= 11 is 0. The smallest absolute Gasteiger partial charge is 0.344 e. The van der Waals surface area contributed by atoms with Gasteiger partial charge in [-0.3, -0.25) is 0 Å². The van der Waals surface area contributed by atoms with Crippen LogP contribution in [0.5, 0.6) is 11.6 Å². The van der Waals surface area contributed by atoms with E-state index in [4.69, 9.17) is 10.5 Å². The third-order valence-corrected chi connectivity index (χ3v) is 3.13. The number of rotatable bonds is 3. The van der Waals surface area contributed by atoms with Gasteiger partial charge in [0.2, 0.25) is 5.88 Å². The molecule has 0 fully saturated rings. The average Bonchev–Trinajstić information content (AvgIpc) is 2.58. The number of benzene rings is 2. The predicted molar refractivity (Wildman–Crippen MR) is 84.9 cm³/mol. The van der Waals surface area contributed by atoms with Crippen LogP contribution in [0.15, 0.2) is 60.8 Å². The van der Waals surface area contributed by atoms with Crippen molar-refractivity contribution in [2.45, 2.75) is 0 Å². The number of nitrogens with zero attached hydrogens (tertiary/aromatic N) is 2. The van der Waals surface area contributed by atoms with Crippen molar-refractivity contribution < 1.29 is 14.6 Å². The second-order valence-corrected chi connectivity index (χ2v) is 4.74. The molecule has 114 valence electrons. The lowest BCUT2D eigenvalue weighted by Gasteiger charge is -2.08. The fourth-order valence-corrected chi connectivity index (χ4v) is 1.99. The molecule has 0 saturated heterocycles. The van der Waals surface area contributed by atoms with Gasteiger partial charge >= 0.3 is 5.97 Å². The maximum atomic E-state index is 12.0. The lowest BCUT2D eigenvalue weighted by Crippen LogP contribution is -2.10. The van der Waals surface area contributed by atoms with Gasteiger partial charge in [0, 0.05) is 5.56 Å². The van der Waals surface area contributed by atoms with Crippen LogP contribution in [-0.2, 0) is 0 Å². The standard InChI is InChI=1S/C17H13N3O3/c18-16-15(11-6-8-13(21)9-7-11)20-14(10-19-16)23-17(22)12-4-2-1-3-5-12/h1-10,21H,(H2,18,19). The molecule has 1 aromatic heterocycles. The van der Waals surface area contributed by atoms with Crippen LogP contribution in [0, 0.1) is 0 Å². The Bertz CT molecular complexity index is 833. The number of phenols is 1. The molecule has 0 aliphatic rings. The molecule has 0 bridgehead atoms. The van der Waals surface area contributed by atoms with E-state index in [2.05, 4.69) is 9.97 Å². The topological polar surface area (TPSA) is 98.3 Å². The number of carbonyl (C=O) groups is 1. The molecule has 0 aliphatic carbocycles.